The number of rotatable bonds is 6. The van der Waals surface area contributed by atoms with Crippen LogP contribution < -0.4 is 0 Å². The van der Waals surface area contributed by atoms with Crippen molar-refractivity contribution in [3.63, 3.8) is 0 Å². The minimum absolute atomic E-state index is 0.218. The summed E-state index contributed by atoms with van der Waals surface area (Å²) in [6.45, 7) is 2.97. The van der Waals surface area contributed by atoms with Gasteiger partial charge >= 0.3 is 5.97 Å². The Morgan fingerprint density at radius 1 is 1.25 bits per heavy atom. The lowest BCUT2D eigenvalue weighted by Crippen LogP contribution is -2.42. The highest BCUT2D eigenvalue weighted by atomic mass is 79.9. The maximum Gasteiger partial charge on any atom is 0.315 e. The average molecular weight is 396 g/mol. The van der Waals surface area contributed by atoms with Crippen LogP contribution >= 0.6 is 15.9 Å². The maximum atomic E-state index is 12.5. The van der Waals surface area contributed by atoms with E-state index in [1.807, 2.05) is 18.2 Å². The van der Waals surface area contributed by atoms with Crippen LogP contribution in [0, 0.1) is 5.41 Å². The molecule has 2 aliphatic rings. The highest BCUT2D eigenvalue weighted by Gasteiger charge is 2.58. The third kappa shape index (κ3) is 3.49. The molecular formula is C18H22BrNO4. The third-order valence-corrected chi connectivity index (χ3v) is 5.52. The van der Waals surface area contributed by atoms with Gasteiger partial charge in [-0.3, -0.25) is 14.5 Å². The Morgan fingerprint density at radius 3 is 2.58 bits per heavy atom. The first-order valence-electron chi connectivity index (χ1n) is 8.29. The van der Waals surface area contributed by atoms with Crippen LogP contribution in [0.25, 0.3) is 0 Å². The van der Waals surface area contributed by atoms with Gasteiger partial charge in [-0.1, -0.05) is 46.3 Å². The standard InChI is InChI=1S/C18H22BrNO4/c19-9-6-18(23-14-21)13-17(16(22)24-18)7-10-20(11-8-17)12-15-4-2-1-3-5-15/h1-5,14H,6-13H2. The Hall–Kier alpha value is -1.40. The number of benzene rings is 1. The van der Waals surface area contributed by atoms with Gasteiger partial charge in [-0.15, -0.1) is 0 Å². The summed E-state index contributed by atoms with van der Waals surface area (Å²) in [7, 11) is 0. The molecule has 1 atom stereocenters. The normalized spacial score (nSPS) is 26.3. The van der Waals surface area contributed by atoms with Crippen LogP contribution in [0.1, 0.15) is 31.2 Å². The quantitative estimate of drug-likeness (QED) is 0.421. The lowest BCUT2D eigenvalue weighted by Gasteiger charge is -2.36. The molecule has 0 N–H and O–H groups in total. The first kappa shape index (κ1) is 17.4. The Balaban J connectivity index is 1.64. The molecule has 5 nitrogen and oxygen atoms in total. The second-order valence-electron chi connectivity index (χ2n) is 6.67. The Morgan fingerprint density at radius 2 is 1.96 bits per heavy atom. The second kappa shape index (κ2) is 7.23. The molecule has 0 amide bonds. The summed E-state index contributed by atoms with van der Waals surface area (Å²) in [5.41, 5.74) is 0.763. The number of hydrogen-bond acceptors (Lipinski definition) is 5. The molecule has 0 aliphatic carbocycles. The lowest BCUT2D eigenvalue weighted by molar-refractivity contribution is -0.204. The zero-order valence-electron chi connectivity index (χ0n) is 13.6. The molecule has 1 aromatic rings. The molecule has 2 aliphatic heterocycles. The zero-order chi connectivity index (χ0) is 17.0. The molecule has 1 aromatic carbocycles. The van der Waals surface area contributed by atoms with Crippen LogP contribution in [0.5, 0.6) is 0 Å². The fourth-order valence-electron chi connectivity index (χ4n) is 3.76. The average Bonchev–Trinajstić information content (AvgIpc) is 2.83. The number of nitrogens with zero attached hydrogens (tertiary/aromatic N) is 1. The molecule has 3 rings (SSSR count). The van der Waals surface area contributed by atoms with Crippen molar-refractivity contribution < 1.29 is 19.1 Å². The van der Waals surface area contributed by atoms with Crippen LogP contribution in [0.3, 0.4) is 0 Å². The van der Waals surface area contributed by atoms with Gasteiger partial charge in [-0.05, 0) is 31.5 Å². The van der Waals surface area contributed by atoms with Gasteiger partial charge in [0.1, 0.15) is 0 Å². The number of carbonyl (C=O) groups is 2. The SMILES string of the molecule is O=COC1(CCBr)CC2(CCN(Cc3ccccc3)CC2)C(=O)O1. The number of alkyl halides is 1. The summed E-state index contributed by atoms with van der Waals surface area (Å²) < 4.78 is 10.7. The van der Waals surface area contributed by atoms with E-state index in [1.54, 1.807) is 0 Å². The van der Waals surface area contributed by atoms with Gasteiger partial charge in [-0.2, -0.15) is 0 Å². The molecule has 2 heterocycles. The van der Waals surface area contributed by atoms with E-state index < -0.39 is 11.2 Å². The molecule has 0 bridgehead atoms. The summed E-state index contributed by atoms with van der Waals surface area (Å²) in [6.07, 6.45) is 2.42. The Labute approximate surface area is 150 Å². The lowest BCUT2D eigenvalue weighted by atomic mass is 9.75. The summed E-state index contributed by atoms with van der Waals surface area (Å²) in [6, 6.07) is 10.3. The fourth-order valence-corrected chi connectivity index (χ4v) is 4.36. The predicted molar refractivity (Wildman–Crippen MR) is 92.4 cm³/mol. The Kier molecular flexibility index (Phi) is 5.25. The van der Waals surface area contributed by atoms with Crippen molar-refractivity contribution in [1.82, 2.24) is 4.90 Å². The molecule has 130 valence electrons. The number of hydrogen-bond donors (Lipinski definition) is 0. The predicted octanol–water partition coefficient (Wildman–Crippen LogP) is 2.87. The van der Waals surface area contributed by atoms with Crippen LogP contribution in [0.4, 0.5) is 0 Å². The number of ether oxygens (including phenoxy) is 2. The van der Waals surface area contributed by atoms with Gasteiger partial charge in [0, 0.05) is 24.7 Å². The molecule has 2 saturated heterocycles. The summed E-state index contributed by atoms with van der Waals surface area (Å²) >= 11 is 3.35. The second-order valence-corrected chi connectivity index (χ2v) is 7.47. The van der Waals surface area contributed by atoms with Gasteiger partial charge in [-0.25, -0.2) is 0 Å². The number of esters is 1. The van der Waals surface area contributed by atoms with Crippen molar-refractivity contribution in [1.29, 1.82) is 0 Å². The molecule has 0 aromatic heterocycles. The maximum absolute atomic E-state index is 12.5. The minimum Gasteiger partial charge on any atom is -0.425 e. The molecule has 2 fully saturated rings. The summed E-state index contributed by atoms with van der Waals surface area (Å²) in [4.78, 5) is 25.7. The van der Waals surface area contributed by atoms with Crippen molar-refractivity contribution in [2.75, 3.05) is 18.4 Å². The topological polar surface area (TPSA) is 55.8 Å². The first-order chi connectivity index (χ1) is 11.6. The van der Waals surface area contributed by atoms with E-state index in [0.29, 0.717) is 24.6 Å². The van der Waals surface area contributed by atoms with Crippen molar-refractivity contribution in [3.8, 4) is 0 Å². The summed E-state index contributed by atoms with van der Waals surface area (Å²) in [5, 5.41) is 0.615. The molecule has 1 unspecified atom stereocenters. The highest BCUT2D eigenvalue weighted by Crippen LogP contribution is 2.49. The number of halogens is 1. The smallest absolute Gasteiger partial charge is 0.315 e. The molecule has 24 heavy (non-hydrogen) atoms. The number of carbonyl (C=O) groups excluding carboxylic acids is 2. The van der Waals surface area contributed by atoms with Gasteiger partial charge in [0.05, 0.1) is 5.41 Å². The minimum atomic E-state index is -1.09. The van der Waals surface area contributed by atoms with Crippen LogP contribution in [0.15, 0.2) is 30.3 Å². The first-order valence-corrected chi connectivity index (χ1v) is 9.41. The number of likely N-dealkylation sites (tertiary alicyclic amines) is 1. The van der Waals surface area contributed by atoms with E-state index in [0.717, 1.165) is 32.5 Å². The Bertz CT molecular complexity index is 586. The van der Waals surface area contributed by atoms with Crippen LogP contribution in [-0.4, -0.2) is 41.5 Å². The molecule has 0 radical (unpaired) electrons. The zero-order valence-corrected chi connectivity index (χ0v) is 15.2. The van der Waals surface area contributed by atoms with E-state index in [2.05, 4.69) is 33.0 Å². The largest absolute Gasteiger partial charge is 0.425 e. The van der Waals surface area contributed by atoms with Gasteiger partial charge < -0.3 is 9.47 Å². The van der Waals surface area contributed by atoms with Crippen molar-refractivity contribution in [2.45, 2.75) is 38.0 Å². The van der Waals surface area contributed by atoms with E-state index in [-0.39, 0.29) is 5.97 Å². The monoisotopic (exact) mass is 395 g/mol. The van der Waals surface area contributed by atoms with Crippen LogP contribution in [-0.2, 0) is 25.6 Å². The van der Waals surface area contributed by atoms with Gasteiger partial charge in [0.2, 0.25) is 0 Å². The van der Waals surface area contributed by atoms with Crippen molar-refractivity contribution in [3.05, 3.63) is 35.9 Å². The third-order valence-electron chi connectivity index (χ3n) is 5.12. The number of cyclic esters (lactones) is 1. The molecule has 0 saturated carbocycles. The molecule has 6 heteroatoms. The van der Waals surface area contributed by atoms with E-state index >= 15 is 0 Å². The molecule has 1 spiro atoms. The van der Waals surface area contributed by atoms with Crippen molar-refractivity contribution >= 4 is 28.4 Å². The van der Waals surface area contributed by atoms with Crippen molar-refractivity contribution in [2.24, 2.45) is 5.41 Å². The van der Waals surface area contributed by atoms with Gasteiger partial charge in [0.25, 0.3) is 12.3 Å². The van der Waals surface area contributed by atoms with E-state index in [1.165, 1.54) is 5.56 Å². The fraction of sp³-hybridized carbons (Fsp3) is 0.556. The molecular weight excluding hydrogens is 374 g/mol. The van der Waals surface area contributed by atoms with Gasteiger partial charge in [0.15, 0.2) is 0 Å². The van der Waals surface area contributed by atoms with Crippen LogP contribution in [0.2, 0.25) is 0 Å². The highest BCUT2D eigenvalue weighted by molar-refractivity contribution is 9.09. The van der Waals surface area contributed by atoms with E-state index in [9.17, 15) is 9.59 Å². The number of piperidine rings is 1. The summed E-state index contributed by atoms with van der Waals surface area (Å²) in [5.74, 6) is -1.31. The van der Waals surface area contributed by atoms with E-state index in [4.69, 9.17) is 9.47 Å².